The van der Waals surface area contributed by atoms with Gasteiger partial charge < -0.3 is 0 Å². The number of allylic oxidation sites excluding steroid dienone is 2. The van der Waals surface area contributed by atoms with Crippen molar-refractivity contribution >= 4 is 0 Å². The van der Waals surface area contributed by atoms with E-state index in [0.717, 1.165) is 12.8 Å². The maximum Gasteiger partial charge on any atom is 0.0806 e. The highest BCUT2D eigenvalue weighted by Gasteiger charge is 1.88. The van der Waals surface area contributed by atoms with Gasteiger partial charge in [0.15, 0.2) is 0 Å². The maximum atomic E-state index is 9.81. The van der Waals surface area contributed by atoms with Gasteiger partial charge in [0.05, 0.1) is 5.70 Å². The number of nitrogens with zero attached hydrogens (tertiary/aromatic N) is 1. The van der Waals surface area contributed by atoms with Crippen molar-refractivity contribution in [3.05, 3.63) is 16.7 Å². The minimum Gasteiger partial charge on any atom is -0.145 e. The average Bonchev–Trinajstić information content (AvgIpc) is 1.83. The molecular weight excluding hydrogens is 102 g/mol. The lowest BCUT2D eigenvalue weighted by molar-refractivity contribution is 0.888. The van der Waals surface area contributed by atoms with Gasteiger partial charge >= 0.3 is 0 Å². The zero-order valence-electron chi connectivity index (χ0n) is 5.35. The molecule has 2 heteroatoms. The first-order valence-corrected chi connectivity index (χ1v) is 2.83. The van der Waals surface area contributed by atoms with Crippen LogP contribution in [0.4, 0.5) is 0 Å². The molecule has 0 aliphatic carbocycles. The van der Waals surface area contributed by atoms with Crippen molar-refractivity contribution < 1.29 is 0 Å². The summed E-state index contributed by atoms with van der Waals surface area (Å²) in [6.07, 6.45) is 3.54. The molecule has 8 heavy (non-hydrogen) atoms. The Morgan fingerprint density at radius 1 is 1.75 bits per heavy atom. The molecule has 0 amide bonds. The van der Waals surface area contributed by atoms with Crippen molar-refractivity contribution in [2.24, 2.45) is 5.18 Å². The van der Waals surface area contributed by atoms with Crippen LogP contribution in [0.2, 0.25) is 0 Å². The van der Waals surface area contributed by atoms with Crippen LogP contribution in [-0.4, -0.2) is 0 Å². The van der Waals surface area contributed by atoms with Gasteiger partial charge in [-0.1, -0.05) is 19.4 Å². The van der Waals surface area contributed by atoms with E-state index in [9.17, 15) is 4.91 Å². The SMILES string of the molecule is C/C=C(\CCC)N=O. The van der Waals surface area contributed by atoms with Gasteiger partial charge in [-0.25, -0.2) is 0 Å². The van der Waals surface area contributed by atoms with Crippen molar-refractivity contribution in [2.75, 3.05) is 0 Å². The fourth-order valence-electron chi connectivity index (χ4n) is 0.499. The molecule has 0 radical (unpaired) electrons. The molecule has 0 saturated carbocycles. The lowest BCUT2D eigenvalue weighted by atomic mass is 10.2. The molecular formula is C6H11NO. The lowest BCUT2D eigenvalue weighted by Gasteiger charge is -1.88. The summed E-state index contributed by atoms with van der Waals surface area (Å²) in [7, 11) is 0. The Hall–Kier alpha value is -0.660. The molecule has 46 valence electrons. The summed E-state index contributed by atoms with van der Waals surface area (Å²) in [6.45, 7) is 3.85. The molecule has 0 aliphatic rings. The fraction of sp³-hybridized carbons (Fsp3) is 0.667. The van der Waals surface area contributed by atoms with Crippen LogP contribution < -0.4 is 0 Å². The second-order valence-electron chi connectivity index (χ2n) is 1.62. The quantitative estimate of drug-likeness (QED) is 0.517. The number of nitroso groups, excluding NO2 is 1. The predicted molar refractivity (Wildman–Crippen MR) is 34.5 cm³/mol. The molecule has 0 aromatic carbocycles. The highest BCUT2D eigenvalue weighted by molar-refractivity contribution is 4.96. The first kappa shape index (κ1) is 7.34. The van der Waals surface area contributed by atoms with Crippen molar-refractivity contribution in [1.82, 2.24) is 0 Å². The van der Waals surface area contributed by atoms with E-state index < -0.39 is 0 Å². The summed E-state index contributed by atoms with van der Waals surface area (Å²) < 4.78 is 0. The second kappa shape index (κ2) is 4.50. The van der Waals surface area contributed by atoms with Gasteiger partial charge in [0.25, 0.3) is 0 Å². The normalized spacial score (nSPS) is 11.5. The third-order valence-electron chi connectivity index (χ3n) is 0.957. The Balaban J connectivity index is 3.54. The number of rotatable bonds is 3. The molecule has 0 spiro atoms. The molecule has 0 atom stereocenters. The van der Waals surface area contributed by atoms with Crippen LogP contribution in [0, 0.1) is 4.91 Å². The van der Waals surface area contributed by atoms with E-state index in [1.165, 1.54) is 0 Å². The molecule has 0 heterocycles. The summed E-state index contributed by atoms with van der Waals surface area (Å²) in [4.78, 5) is 9.81. The average molecular weight is 113 g/mol. The summed E-state index contributed by atoms with van der Waals surface area (Å²) in [6, 6.07) is 0. The first-order chi connectivity index (χ1) is 3.85. The van der Waals surface area contributed by atoms with Crippen molar-refractivity contribution in [3.8, 4) is 0 Å². The van der Waals surface area contributed by atoms with Gasteiger partial charge in [-0.05, 0) is 18.5 Å². The molecule has 0 fully saturated rings. The van der Waals surface area contributed by atoms with E-state index in [0.29, 0.717) is 5.70 Å². The number of hydrogen-bond acceptors (Lipinski definition) is 2. The summed E-state index contributed by atoms with van der Waals surface area (Å²) in [5.74, 6) is 0. The van der Waals surface area contributed by atoms with Gasteiger partial charge in [0.2, 0.25) is 0 Å². The topological polar surface area (TPSA) is 29.4 Å². The summed E-state index contributed by atoms with van der Waals surface area (Å²) >= 11 is 0. The predicted octanol–water partition coefficient (Wildman–Crippen LogP) is 2.46. The molecule has 0 N–H and O–H groups in total. The van der Waals surface area contributed by atoms with Gasteiger partial charge in [-0.3, -0.25) is 0 Å². The highest BCUT2D eigenvalue weighted by Crippen LogP contribution is 2.03. The third kappa shape index (κ3) is 2.50. The van der Waals surface area contributed by atoms with Crippen LogP contribution in [0.5, 0.6) is 0 Å². The molecule has 0 bridgehead atoms. The fourth-order valence-corrected chi connectivity index (χ4v) is 0.499. The molecule has 0 rings (SSSR count). The molecule has 2 nitrogen and oxygen atoms in total. The number of hydrogen-bond donors (Lipinski definition) is 0. The first-order valence-electron chi connectivity index (χ1n) is 2.83. The van der Waals surface area contributed by atoms with Gasteiger partial charge in [0.1, 0.15) is 0 Å². The van der Waals surface area contributed by atoms with Gasteiger partial charge in [-0.15, -0.1) is 4.91 Å². The van der Waals surface area contributed by atoms with E-state index in [-0.39, 0.29) is 0 Å². The monoisotopic (exact) mass is 113 g/mol. The zero-order valence-corrected chi connectivity index (χ0v) is 5.35. The van der Waals surface area contributed by atoms with E-state index in [1.54, 1.807) is 6.08 Å². The van der Waals surface area contributed by atoms with Crippen molar-refractivity contribution in [1.29, 1.82) is 0 Å². The Morgan fingerprint density at radius 3 is 2.50 bits per heavy atom. The minimum absolute atomic E-state index is 0.660. The van der Waals surface area contributed by atoms with Crippen LogP contribution in [0.15, 0.2) is 16.9 Å². The van der Waals surface area contributed by atoms with E-state index in [1.807, 2.05) is 13.8 Å². The van der Waals surface area contributed by atoms with Crippen molar-refractivity contribution in [3.63, 3.8) is 0 Å². The largest absolute Gasteiger partial charge is 0.145 e. The molecule has 0 unspecified atom stereocenters. The lowest BCUT2D eigenvalue weighted by Crippen LogP contribution is -1.72. The van der Waals surface area contributed by atoms with Crippen molar-refractivity contribution in [2.45, 2.75) is 26.7 Å². The smallest absolute Gasteiger partial charge is 0.0806 e. The Kier molecular flexibility index (Phi) is 4.13. The van der Waals surface area contributed by atoms with E-state index in [4.69, 9.17) is 0 Å². The third-order valence-corrected chi connectivity index (χ3v) is 0.957. The Bertz CT molecular complexity index is 96.7. The maximum absolute atomic E-state index is 9.81. The minimum atomic E-state index is 0.660. The summed E-state index contributed by atoms with van der Waals surface area (Å²) in [5.41, 5.74) is 0.660. The standard InChI is InChI=1S/C6H11NO/c1-3-5-6(4-2)7-8/h4H,3,5H2,1-2H3/b6-4+. The molecule has 0 saturated heterocycles. The second-order valence-corrected chi connectivity index (χ2v) is 1.62. The Morgan fingerprint density at radius 2 is 2.38 bits per heavy atom. The highest BCUT2D eigenvalue weighted by atomic mass is 16.3. The molecule has 0 aliphatic heterocycles. The van der Waals surface area contributed by atoms with Crippen LogP contribution in [-0.2, 0) is 0 Å². The Labute approximate surface area is 49.6 Å². The van der Waals surface area contributed by atoms with Crippen LogP contribution in [0.3, 0.4) is 0 Å². The zero-order chi connectivity index (χ0) is 6.41. The molecule has 0 aromatic heterocycles. The molecule has 0 aromatic rings. The van der Waals surface area contributed by atoms with Crippen LogP contribution in [0.1, 0.15) is 26.7 Å². The summed E-state index contributed by atoms with van der Waals surface area (Å²) in [5, 5.41) is 2.81. The van der Waals surface area contributed by atoms with E-state index >= 15 is 0 Å². The van der Waals surface area contributed by atoms with Crippen LogP contribution >= 0.6 is 0 Å². The van der Waals surface area contributed by atoms with Gasteiger partial charge in [-0.2, -0.15) is 0 Å². The van der Waals surface area contributed by atoms with Gasteiger partial charge in [0, 0.05) is 0 Å². The van der Waals surface area contributed by atoms with E-state index in [2.05, 4.69) is 5.18 Å². The van der Waals surface area contributed by atoms with Crippen LogP contribution in [0.25, 0.3) is 0 Å².